The Kier molecular flexibility index (Phi) is 8.75. The van der Waals surface area contributed by atoms with E-state index in [1.54, 1.807) is 0 Å². The molecule has 1 fully saturated rings. The summed E-state index contributed by atoms with van der Waals surface area (Å²) in [7, 11) is 1.44. The van der Waals surface area contributed by atoms with E-state index in [1.807, 2.05) is 0 Å². The monoisotopic (exact) mass is 258 g/mol. The summed E-state index contributed by atoms with van der Waals surface area (Å²) in [5.74, 6) is -0.263. The Hall–Kier alpha value is -0.690. The average Bonchev–Trinajstić information content (AvgIpc) is 2.40. The highest BCUT2D eigenvalue weighted by Crippen LogP contribution is 1.96. The predicted molar refractivity (Wildman–Crippen MR) is 71.6 cm³/mol. The van der Waals surface area contributed by atoms with Crippen LogP contribution in [0.15, 0.2) is 0 Å². The van der Waals surface area contributed by atoms with Crippen LogP contribution in [-0.2, 0) is 9.53 Å². The first-order chi connectivity index (χ1) is 8.84. The van der Waals surface area contributed by atoms with E-state index < -0.39 is 0 Å². The molecule has 1 aliphatic rings. The van der Waals surface area contributed by atoms with Gasteiger partial charge in [-0.15, -0.1) is 0 Å². The molecule has 0 aromatic heterocycles. The topological polar surface area (TPSA) is 74.4 Å². The zero-order valence-corrected chi connectivity index (χ0v) is 11.3. The molecular weight excluding hydrogens is 232 g/mol. The standard InChI is InChI=1S/C12H26N4O2/c1-18-12(17)11-9-15-7-5-13-3-2-4-14-6-8-16-10-11/h11,13-16H,2-10H2,1H3. The van der Waals surface area contributed by atoms with E-state index in [9.17, 15) is 4.79 Å². The van der Waals surface area contributed by atoms with Crippen molar-refractivity contribution in [1.29, 1.82) is 0 Å². The Morgan fingerprint density at radius 2 is 1.39 bits per heavy atom. The minimum atomic E-state index is -0.150. The maximum absolute atomic E-state index is 11.6. The zero-order valence-electron chi connectivity index (χ0n) is 11.3. The molecule has 4 N–H and O–H groups in total. The fraction of sp³-hybridized carbons (Fsp3) is 0.917. The van der Waals surface area contributed by atoms with Gasteiger partial charge in [-0.1, -0.05) is 0 Å². The van der Waals surface area contributed by atoms with Gasteiger partial charge in [0, 0.05) is 39.3 Å². The van der Waals surface area contributed by atoms with Gasteiger partial charge in [0.2, 0.25) is 0 Å². The van der Waals surface area contributed by atoms with Crippen molar-refractivity contribution >= 4 is 5.97 Å². The van der Waals surface area contributed by atoms with Gasteiger partial charge >= 0.3 is 5.97 Å². The number of ether oxygens (including phenoxy) is 1. The molecule has 0 amide bonds. The van der Waals surface area contributed by atoms with Crippen LogP contribution >= 0.6 is 0 Å². The second-order valence-electron chi connectivity index (χ2n) is 4.48. The highest BCUT2D eigenvalue weighted by Gasteiger charge is 2.17. The molecule has 6 nitrogen and oxygen atoms in total. The lowest BCUT2D eigenvalue weighted by Gasteiger charge is -2.17. The molecule has 0 aromatic carbocycles. The van der Waals surface area contributed by atoms with Crippen molar-refractivity contribution in [2.45, 2.75) is 6.42 Å². The number of hydrogen-bond acceptors (Lipinski definition) is 6. The highest BCUT2D eigenvalue weighted by molar-refractivity contribution is 5.72. The molecule has 0 atom stereocenters. The van der Waals surface area contributed by atoms with E-state index >= 15 is 0 Å². The van der Waals surface area contributed by atoms with Crippen molar-refractivity contribution in [2.24, 2.45) is 5.92 Å². The Balaban J connectivity index is 2.31. The molecule has 0 radical (unpaired) electrons. The van der Waals surface area contributed by atoms with Crippen LogP contribution in [0.4, 0.5) is 0 Å². The van der Waals surface area contributed by atoms with Crippen molar-refractivity contribution in [3.8, 4) is 0 Å². The summed E-state index contributed by atoms with van der Waals surface area (Å²) < 4.78 is 4.81. The highest BCUT2D eigenvalue weighted by atomic mass is 16.5. The van der Waals surface area contributed by atoms with Crippen LogP contribution in [0.3, 0.4) is 0 Å². The van der Waals surface area contributed by atoms with Gasteiger partial charge in [0.05, 0.1) is 13.0 Å². The third-order valence-corrected chi connectivity index (χ3v) is 2.98. The molecule has 0 aliphatic carbocycles. The second kappa shape index (κ2) is 10.3. The van der Waals surface area contributed by atoms with E-state index in [-0.39, 0.29) is 11.9 Å². The smallest absolute Gasteiger partial charge is 0.311 e. The molecule has 18 heavy (non-hydrogen) atoms. The van der Waals surface area contributed by atoms with Crippen molar-refractivity contribution < 1.29 is 9.53 Å². The van der Waals surface area contributed by atoms with E-state index in [0.717, 1.165) is 45.7 Å². The molecule has 1 rings (SSSR count). The number of rotatable bonds is 1. The van der Waals surface area contributed by atoms with Crippen LogP contribution in [-0.4, -0.2) is 65.4 Å². The Morgan fingerprint density at radius 1 is 0.889 bits per heavy atom. The van der Waals surface area contributed by atoms with Crippen LogP contribution in [0.5, 0.6) is 0 Å². The van der Waals surface area contributed by atoms with Gasteiger partial charge in [0.1, 0.15) is 0 Å². The number of carbonyl (C=O) groups is 1. The first-order valence-electron chi connectivity index (χ1n) is 6.75. The van der Waals surface area contributed by atoms with Crippen LogP contribution in [0, 0.1) is 5.92 Å². The largest absolute Gasteiger partial charge is 0.469 e. The maximum atomic E-state index is 11.6. The minimum absolute atomic E-state index is 0.113. The molecule has 6 heteroatoms. The summed E-state index contributed by atoms with van der Waals surface area (Å²) in [5, 5.41) is 13.3. The Labute approximate surface area is 109 Å². The fourth-order valence-electron chi connectivity index (χ4n) is 1.90. The quantitative estimate of drug-likeness (QED) is 0.431. The summed E-state index contributed by atoms with van der Waals surface area (Å²) in [5.41, 5.74) is 0. The van der Waals surface area contributed by atoms with Crippen molar-refractivity contribution in [2.75, 3.05) is 59.5 Å². The number of hydrogen-bond donors (Lipinski definition) is 4. The molecule has 1 saturated heterocycles. The lowest BCUT2D eigenvalue weighted by molar-refractivity contribution is -0.145. The molecule has 0 spiro atoms. The molecule has 0 unspecified atom stereocenters. The number of methoxy groups -OCH3 is 1. The molecule has 1 aliphatic heterocycles. The molecule has 1 heterocycles. The van der Waals surface area contributed by atoms with Gasteiger partial charge in [0.15, 0.2) is 0 Å². The molecule has 0 bridgehead atoms. The van der Waals surface area contributed by atoms with E-state index in [2.05, 4.69) is 21.3 Å². The van der Waals surface area contributed by atoms with Gasteiger partial charge < -0.3 is 26.0 Å². The summed E-state index contributed by atoms with van der Waals surface area (Å²) >= 11 is 0. The fourth-order valence-corrected chi connectivity index (χ4v) is 1.90. The normalized spacial score (nSPS) is 22.1. The van der Waals surface area contributed by atoms with Crippen LogP contribution in [0.2, 0.25) is 0 Å². The number of carbonyl (C=O) groups excluding carboxylic acids is 1. The van der Waals surface area contributed by atoms with Gasteiger partial charge in [-0.3, -0.25) is 4.79 Å². The zero-order chi connectivity index (χ0) is 13.1. The van der Waals surface area contributed by atoms with E-state index in [4.69, 9.17) is 4.74 Å². The van der Waals surface area contributed by atoms with Crippen LogP contribution in [0.1, 0.15) is 6.42 Å². The molecule has 106 valence electrons. The van der Waals surface area contributed by atoms with Crippen molar-refractivity contribution in [1.82, 2.24) is 21.3 Å². The average molecular weight is 258 g/mol. The Morgan fingerprint density at radius 3 is 1.89 bits per heavy atom. The number of esters is 1. The molecular formula is C12H26N4O2. The molecule has 0 aromatic rings. The lowest BCUT2D eigenvalue weighted by atomic mass is 10.1. The SMILES string of the molecule is COC(=O)C1CNCCNCCCNCCNC1. The van der Waals surface area contributed by atoms with Crippen molar-refractivity contribution in [3.05, 3.63) is 0 Å². The Bertz CT molecular complexity index is 212. The third-order valence-electron chi connectivity index (χ3n) is 2.98. The van der Waals surface area contributed by atoms with Gasteiger partial charge in [-0.25, -0.2) is 0 Å². The summed E-state index contributed by atoms with van der Waals surface area (Å²) in [6.07, 6.45) is 1.14. The summed E-state index contributed by atoms with van der Waals surface area (Å²) in [4.78, 5) is 11.6. The number of nitrogens with one attached hydrogen (secondary N) is 4. The minimum Gasteiger partial charge on any atom is -0.469 e. The maximum Gasteiger partial charge on any atom is 0.311 e. The first kappa shape index (κ1) is 15.4. The summed E-state index contributed by atoms with van der Waals surface area (Å²) in [6, 6.07) is 0. The van der Waals surface area contributed by atoms with Crippen molar-refractivity contribution in [3.63, 3.8) is 0 Å². The third kappa shape index (κ3) is 6.90. The predicted octanol–water partition coefficient (Wildman–Crippen LogP) is -1.46. The van der Waals surface area contributed by atoms with Gasteiger partial charge in [-0.05, 0) is 19.5 Å². The second-order valence-corrected chi connectivity index (χ2v) is 4.48. The van der Waals surface area contributed by atoms with E-state index in [0.29, 0.717) is 13.1 Å². The molecule has 0 saturated carbocycles. The summed E-state index contributed by atoms with van der Waals surface area (Å²) in [6.45, 7) is 7.00. The van der Waals surface area contributed by atoms with Crippen LogP contribution in [0.25, 0.3) is 0 Å². The van der Waals surface area contributed by atoms with Gasteiger partial charge in [-0.2, -0.15) is 0 Å². The lowest BCUT2D eigenvalue weighted by Crippen LogP contribution is -2.41. The first-order valence-corrected chi connectivity index (χ1v) is 6.75. The van der Waals surface area contributed by atoms with E-state index in [1.165, 1.54) is 7.11 Å². The van der Waals surface area contributed by atoms with Gasteiger partial charge in [0.25, 0.3) is 0 Å². The van der Waals surface area contributed by atoms with Crippen LogP contribution < -0.4 is 21.3 Å².